The number of fused-ring (bicyclic) bond motifs is 7. The van der Waals surface area contributed by atoms with E-state index in [9.17, 15) is 14.7 Å². The maximum atomic E-state index is 13.7. The summed E-state index contributed by atoms with van der Waals surface area (Å²) in [4.78, 5) is 26.2. The van der Waals surface area contributed by atoms with Crippen LogP contribution in [-0.2, 0) is 20.9 Å². The summed E-state index contributed by atoms with van der Waals surface area (Å²) in [6.45, 7) is 16.7. The molecule has 0 saturated heterocycles. The molecule has 5 aliphatic carbocycles. The van der Waals surface area contributed by atoms with Crippen LogP contribution >= 0.6 is 11.6 Å². The molecular weight excluding hydrogens is 556 g/mol. The van der Waals surface area contributed by atoms with Crippen molar-refractivity contribution >= 4 is 22.8 Å². The Labute approximate surface area is 264 Å². The fourth-order valence-electron chi connectivity index (χ4n) is 11.9. The van der Waals surface area contributed by atoms with Gasteiger partial charge in [0.25, 0.3) is 0 Å². The van der Waals surface area contributed by atoms with Gasteiger partial charge >= 0.3 is 5.97 Å². The predicted octanol–water partition coefficient (Wildman–Crippen LogP) is 8.88. The Morgan fingerprint density at radius 3 is 2.26 bits per heavy atom. The molecule has 4 fully saturated rings. The lowest BCUT2D eigenvalue weighted by molar-refractivity contribution is -0.215. The van der Waals surface area contributed by atoms with Crippen molar-refractivity contribution in [3.05, 3.63) is 47.5 Å². The highest BCUT2D eigenvalue weighted by molar-refractivity contribution is 6.64. The van der Waals surface area contributed by atoms with Crippen LogP contribution < -0.4 is 0 Å². The molecule has 6 rings (SSSR count). The van der Waals surface area contributed by atoms with Crippen LogP contribution in [0, 0.1) is 56.2 Å². The lowest BCUT2D eigenvalue weighted by atomic mass is 9.33. The highest BCUT2D eigenvalue weighted by Gasteiger charge is 2.70. The third kappa shape index (κ3) is 4.46. The van der Waals surface area contributed by atoms with Crippen molar-refractivity contribution in [2.45, 2.75) is 119 Å². The topological polar surface area (TPSA) is 63.6 Å². The fraction of sp³-hybridized carbons (Fsp3) is 0.737. The van der Waals surface area contributed by atoms with Gasteiger partial charge in [0.05, 0.1) is 11.5 Å². The Morgan fingerprint density at radius 2 is 1.58 bits per heavy atom. The molecule has 5 aliphatic rings. The second-order valence-corrected chi connectivity index (χ2v) is 17.6. The van der Waals surface area contributed by atoms with Gasteiger partial charge in [0.2, 0.25) is 5.24 Å². The van der Waals surface area contributed by atoms with Crippen LogP contribution in [0.15, 0.2) is 42.0 Å². The zero-order valence-electron chi connectivity index (χ0n) is 27.5. The zero-order valence-corrected chi connectivity index (χ0v) is 28.2. The van der Waals surface area contributed by atoms with E-state index < -0.39 is 11.5 Å². The van der Waals surface area contributed by atoms with Gasteiger partial charge < -0.3 is 9.84 Å². The van der Waals surface area contributed by atoms with Crippen molar-refractivity contribution < 1.29 is 19.4 Å². The second kappa shape index (κ2) is 10.2. The molecule has 0 aromatic heterocycles. The van der Waals surface area contributed by atoms with Crippen molar-refractivity contribution in [1.29, 1.82) is 0 Å². The first-order chi connectivity index (χ1) is 20.0. The number of benzene rings is 1. The fourth-order valence-corrected chi connectivity index (χ4v) is 12.3. The minimum Gasteiger partial charge on any atom is -0.460 e. The van der Waals surface area contributed by atoms with Crippen LogP contribution in [-0.4, -0.2) is 22.4 Å². The average Bonchev–Trinajstić information content (AvgIpc) is 2.93. The number of carbonyl (C=O) groups excluding carboxylic acids is 2. The number of rotatable bonds is 4. The van der Waals surface area contributed by atoms with E-state index in [1.165, 1.54) is 5.57 Å². The Balaban J connectivity index is 1.33. The van der Waals surface area contributed by atoms with Crippen molar-refractivity contribution in [3.8, 4) is 0 Å². The molecule has 4 saturated carbocycles. The highest BCUT2D eigenvalue weighted by atomic mass is 35.5. The van der Waals surface area contributed by atoms with Crippen LogP contribution in [0.3, 0.4) is 0 Å². The van der Waals surface area contributed by atoms with Crippen LogP contribution in [0.1, 0.15) is 112 Å². The summed E-state index contributed by atoms with van der Waals surface area (Å²) in [5.74, 6) is 0.476. The first-order valence-electron chi connectivity index (χ1n) is 16.8. The maximum Gasteiger partial charge on any atom is 0.312 e. The molecule has 0 radical (unpaired) electrons. The van der Waals surface area contributed by atoms with E-state index in [1.807, 2.05) is 30.3 Å². The van der Waals surface area contributed by atoms with E-state index in [1.54, 1.807) is 0 Å². The van der Waals surface area contributed by atoms with Gasteiger partial charge in [-0.05, 0) is 121 Å². The van der Waals surface area contributed by atoms with Crippen LogP contribution in [0.5, 0.6) is 0 Å². The second-order valence-electron chi connectivity index (χ2n) is 17.2. The minimum atomic E-state index is -0.541. The number of hydrogen-bond donors (Lipinski definition) is 1. The normalized spacial score (nSPS) is 46.7. The van der Waals surface area contributed by atoms with E-state index in [0.29, 0.717) is 12.5 Å². The number of carbonyl (C=O) groups is 2. The number of ether oxygens (including phenoxy) is 1. The van der Waals surface area contributed by atoms with Gasteiger partial charge in [-0.2, -0.15) is 0 Å². The van der Waals surface area contributed by atoms with Gasteiger partial charge in [0.15, 0.2) is 0 Å². The van der Waals surface area contributed by atoms with Crippen molar-refractivity contribution in [1.82, 2.24) is 0 Å². The molecule has 5 heteroatoms. The monoisotopic (exact) mass is 608 g/mol. The summed E-state index contributed by atoms with van der Waals surface area (Å²) in [6.07, 6.45) is 10.4. The molecule has 0 heterocycles. The smallest absolute Gasteiger partial charge is 0.312 e. The molecule has 1 N–H and O–H groups in total. The van der Waals surface area contributed by atoms with Crippen molar-refractivity contribution in [2.75, 3.05) is 0 Å². The molecule has 236 valence electrons. The van der Waals surface area contributed by atoms with E-state index in [0.717, 1.165) is 63.4 Å². The summed E-state index contributed by atoms with van der Waals surface area (Å²) in [5.41, 5.74) is 1.60. The number of aliphatic hydroxyl groups excluding tert-OH is 1. The number of allylic oxidation sites excluding steroid dienone is 1. The van der Waals surface area contributed by atoms with Gasteiger partial charge in [-0.3, -0.25) is 9.59 Å². The molecular formula is C38H53ClO4. The lowest BCUT2D eigenvalue weighted by Crippen LogP contribution is -2.67. The zero-order chi connectivity index (χ0) is 31.2. The minimum absolute atomic E-state index is 0.0510. The molecule has 1 aromatic rings. The standard InChI is InChI=1S/C38H53ClO4/c1-33(2)25(31(39)41)13-15-36(5)29(33)14-16-38(7)30(36)28(40)21-26-27-22-35(4,18-17-34(27,3)19-20-37(26,38)6)32(42)43-23-24-11-9-8-10-12-24/h8-12,21,25,27-30,40H,13-20,22-23H2,1-7H3/t25-,27+,28?,29+,30-,34?,35+,36+,37-,38-/m1/s1. The largest absolute Gasteiger partial charge is 0.460 e. The van der Waals surface area contributed by atoms with Crippen LogP contribution in [0.4, 0.5) is 0 Å². The number of halogens is 1. The molecule has 43 heavy (non-hydrogen) atoms. The van der Waals surface area contributed by atoms with Crippen molar-refractivity contribution in [2.24, 2.45) is 56.2 Å². The van der Waals surface area contributed by atoms with E-state index in [-0.39, 0.29) is 56.0 Å². The Bertz CT molecular complexity index is 1320. The summed E-state index contributed by atoms with van der Waals surface area (Å²) < 4.78 is 5.95. The molecule has 2 unspecified atom stereocenters. The molecule has 1 aromatic carbocycles. The average molecular weight is 609 g/mol. The first-order valence-corrected chi connectivity index (χ1v) is 17.2. The summed E-state index contributed by atoms with van der Waals surface area (Å²) >= 11 is 6.17. The third-order valence-electron chi connectivity index (χ3n) is 14.8. The molecule has 4 nitrogen and oxygen atoms in total. The highest BCUT2D eigenvalue weighted by Crippen LogP contribution is 2.76. The quantitative estimate of drug-likeness (QED) is 0.211. The molecule has 0 amide bonds. The van der Waals surface area contributed by atoms with Gasteiger partial charge in [-0.15, -0.1) is 0 Å². The first kappa shape index (κ1) is 31.3. The van der Waals surface area contributed by atoms with E-state index in [4.69, 9.17) is 16.3 Å². The summed E-state index contributed by atoms with van der Waals surface area (Å²) in [5, 5.41) is 12.0. The Kier molecular flexibility index (Phi) is 7.42. The van der Waals surface area contributed by atoms with Gasteiger partial charge in [0, 0.05) is 11.8 Å². The maximum absolute atomic E-state index is 13.7. The van der Waals surface area contributed by atoms with Gasteiger partial charge in [-0.25, -0.2) is 0 Å². The molecule has 0 bridgehead atoms. The van der Waals surface area contributed by atoms with Gasteiger partial charge in [0.1, 0.15) is 6.61 Å². The Hall–Kier alpha value is -1.65. The Morgan fingerprint density at radius 1 is 0.907 bits per heavy atom. The van der Waals surface area contributed by atoms with Gasteiger partial charge in [-0.1, -0.05) is 83.5 Å². The SMILES string of the molecule is CC12CC[C@](C)(C(=O)OCc3ccccc3)C[C@H]1C1=CC(O)[C@@H]3[C@@]4(C)CC[C@H](C(=O)Cl)C(C)(C)[C@@H]4CC[C@@]3(C)[C@]1(C)CC2. The summed E-state index contributed by atoms with van der Waals surface area (Å²) in [7, 11) is 0. The lowest BCUT2D eigenvalue weighted by Gasteiger charge is -2.72. The summed E-state index contributed by atoms with van der Waals surface area (Å²) in [6, 6.07) is 9.94. The third-order valence-corrected chi connectivity index (χ3v) is 15.1. The predicted molar refractivity (Wildman–Crippen MR) is 171 cm³/mol. The van der Waals surface area contributed by atoms with E-state index in [2.05, 4.69) is 54.5 Å². The van der Waals surface area contributed by atoms with Crippen molar-refractivity contribution in [3.63, 3.8) is 0 Å². The van der Waals surface area contributed by atoms with E-state index >= 15 is 0 Å². The number of aliphatic hydroxyl groups is 1. The molecule has 0 spiro atoms. The number of esters is 1. The van der Waals surface area contributed by atoms with Crippen LogP contribution in [0.2, 0.25) is 0 Å². The molecule has 0 aliphatic heterocycles. The number of hydrogen-bond acceptors (Lipinski definition) is 4. The molecule has 10 atom stereocenters. The van der Waals surface area contributed by atoms with Crippen LogP contribution in [0.25, 0.3) is 0 Å².